The summed E-state index contributed by atoms with van der Waals surface area (Å²) in [6.45, 7) is 5.83. The minimum atomic E-state index is 0.646. The summed E-state index contributed by atoms with van der Waals surface area (Å²) < 4.78 is 0. The molecule has 0 spiro atoms. The standard InChI is InChI=1S/C8H6ClN.C2H6/c1-6-7(5-10)3-2-4-8(6)9;1-2/h2-4H,1H3;1-2H3. The van der Waals surface area contributed by atoms with Gasteiger partial charge in [-0.1, -0.05) is 31.5 Å². The van der Waals surface area contributed by atoms with Gasteiger partial charge in [0.2, 0.25) is 0 Å². The predicted molar refractivity (Wildman–Crippen MR) is 52.3 cm³/mol. The lowest BCUT2D eigenvalue weighted by Crippen LogP contribution is -1.80. The number of hydrogen-bond acceptors (Lipinski definition) is 1. The zero-order valence-electron chi connectivity index (χ0n) is 7.56. The summed E-state index contributed by atoms with van der Waals surface area (Å²) >= 11 is 5.74. The highest BCUT2D eigenvalue weighted by Crippen LogP contribution is 2.17. The molecule has 12 heavy (non-hydrogen) atoms. The Morgan fingerprint density at radius 1 is 1.33 bits per heavy atom. The zero-order chi connectivity index (χ0) is 9.56. The van der Waals surface area contributed by atoms with Crippen molar-refractivity contribution in [1.29, 1.82) is 5.26 Å². The van der Waals surface area contributed by atoms with Crippen molar-refractivity contribution in [3.63, 3.8) is 0 Å². The van der Waals surface area contributed by atoms with Crippen LogP contribution in [0.2, 0.25) is 5.02 Å². The molecule has 1 nitrogen and oxygen atoms in total. The third kappa shape index (κ3) is 2.56. The molecule has 0 radical (unpaired) electrons. The lowest BCUT2D eigenvalue weighted by atomic mass is 10.1. The van der Waals surface area contributed by atoms with Crippen LogP contribution in [-0.2, 0) is 0 Å². The minimum absolute atomic E-state index is 0.646. The lowest BCUT2D eigenvalue weighted by Gasteiger charge is -1.96. The van der Waals surface area contributed by atoms with E-state index in [1.54, 1.807) is 18.2 Å². The van der Waals surface area contributed by atoms with Crippen LogP contribution in [0.15, 0.2) is 18.2 Å². The molecule has 0 aliphatic heterocycles. The van der Waals surface area contributed by atoms with Gasteiger partial charge in [0.15, 0.2) is 0 Å². The Balaban J connectivity index is 0.000000561. The van der Waals surface area contributed by atoms with Crippen LogP contribution in [0, 0.1) is 18.3 Å². The fourth-order valence-corrected chi connectivity index (χ4v) is 0.903. The first-order valence-corrected chi connectivity index (χ1v) is 4.28. The van der Waals surface area contributed by atoms with Crippen LogP contribution in [-0.4, -0.2) is 0 Å². The molecule has 64 valence electrons. The Morgan fingerprint density at radius 3 is 2.33 bits per heavy atom. The van der Waals surface area contributed by atoms with E-state index in [0.717, 1.165) is 5.56 Å². The molecule has 0 bridgehead atoms. The molecular formula is C10H12ClN. The largest absolute Gasteiger partial charge is 0.192 e. The molecule has 0 aliphatic carbocycles. The molecule has 0 fully saturated rings. The van der Waals surface area contributed by atoms with Crippen LogP contribution in [0.3, 0.4) is 0 Å². The Morgan fingerprint density at radius 2 is 1.92 bits per heavy atom. The Labute approximate surface area is 78.6 Å². The van der Waals surface area contributed by atoms with E-state index in [1.807, 2.05) is 20.8 Å². The lowest BCUT2D eigenvalue weighted by molar-refractivity contribution is 1.39. The molecule has 1 aromatic carbocycles. The fourth-order valence-electron chi connectivity index (χ4n) is 0.729. The first-order chi connectivity index (χ1) is 5.75. The van der Waals surface area contributed by atoms with Gasteiger partial charge in [-0.3, -0.25) is 0 Å². The first-order valence-electron chi connectivity index (χ1n) is 3.91. The van der Waals surface area contributed by atoms with Crippen molar-refractivity contribution >= 4 is 11.6 Å². The van der Waals surface area contributed by atoms with Gasteiger partial charge in [-0.05, 0) is 24.6 Å². The van der Waals surface area contributed by atoms with Crippen molar-refractivity contribution in [2.24, 2.45) is 0 Å². The highest BCUT2D eigenvalue weighted by Gasteiger charge is 1.98. The van der Waals surface area contributed by atoms with Gasteiger partial charge in [0.1, 0.15) is 0 Å². The van der Waals surface area contributed by atoms with E-state index >= 15 is 0 Å². The highest BCUT2D eigenvalue weighted by molar-refractivity contribution is 6.31. The van der Waals surface area contributed by atoms with Gasteiger partial charge in [0, 0.05) is 5.02 Å². The van der Waals surface area contributed by atoms with E-state index < -0.39 is 0 Å². The van der Waals surface area contributed by atoms with Gasteiger partial charge in [0.05, 0.1) is 11.6 Å². The van der Waals surface area contributed by atoms with Gasteiger partial charge >= 0.3 is 0 Å². The van der Waals surface area contributed by atoms with E-state index in [0.29, 0.717) is 10.6 Å². The second-order valence-corrected chi connectivity index (χ2v) is 2.43. The molecule has 0 N–H and O–H groups in total. The van der Waals surface area contributed by atoms with Crippen LogP contribution >= 0.6 is 11.6 Å². The van der Waals surface area contributed by atoms with Crippen LogP contribution in [0.5, 0.6) is 0 Å². The molecular weight excluding hydrogens is 170 g/mol. The third-order valence-corrected chi connectivity index (χ3v) is 1.80. The molecule has 0 unspecified atom stereocenters. The second kappa shape index (κ2) is 5.62. The molecule has 0 saturated carbocycles. The van der Waals surface area contributed by atoms with E-state index in [1.165, 1.54) is 0 Å². The number of rotatable bonds is 0. The normalized spacial score (nSPS) is 7.92. The van der Waals surface area contributed by atoms with Gasteiger partial charge in [-0.2, -0.15) is 5.26 Å². The van der Waals surface area contributed by atoms with Gasteiger partial charge in [-0.25, -0.2) is 0 Å². The van der Waals surface area contributed by atoms with Crippen LogP contribution in [0.1, 0.15) is 25.0 Å². The SMILES string of the molecule is CC.Cc1c(Cl)cccc1C#N. The summed E-state index contributed by atoms with van der Waals surface area (Å²) in [5, 5.41) is 9.19. The topological polar surface area (TPSA) is 23.8 Å². The Hall–Kier alpha value is -1.00. The van der Waals surface area contributed by atoms with Crippen molar-refractivity contribution in [2.45, 2.75) is 20.8 Å². The molecule has 0 heterocycles. The minimum Gasteiger partial charge on any atom is -0.192 e. The fraction of sp³-hybridized carbons (Fsp3) is 0.300. The van der Waals surface area contributed by atoms with Crippen molar-refractivity contribution in [2.75, 3.05) is 0 Å². The van der Waals surface area contributed by atoms with E-state index in [4.69, 9.17) is 16.9 Å². The van der Waals surface area contributed by atoms with Crippen LogP contribution in [0.4, 0.5) is 0 Å². The number of halogens is 1. The average Bonchev–Trinajstić information content (AvgIpc) is 2.13. The van der Waals surface area contributed by atoms with E-state index in [2.05, 4.69) is 6.07 Å². The maximum absolute atomic E-state index is 8.53. The first kappa shape index (κ1) is 11.0. The maximum Gasteiger partial charge on any atom is 0.0994 e. The Bertz CT molecular complexity index is 286. The molecule has 0 atom stereocenters. The summed E-state index contributed by atoms with van der Waals surface area (Å²) in [6.07, 6.45) is 0. The van der Waals surface area contributed by atoms with Gasteiger partial charge in [0.25, 0.3) is 0 Å². The maximum atomic E-state index is 8.53. The van der Waals surface area contributed by atoms with Gasteiger partial charge < -0.3 is 0 Å². The smallest absolute Gasteiger partial charge is 0.0994 e. The van der Waals surface area contributed by atoms with Crippen LogP contribution in [0.25, 0.3) is 0 Å². The number of benzene rings is 1. The second-order valence-electron chi connectivity index (χ2n) is 2.02. The number of hydrogen-bond donors (Lipinski definition) is 0. The number of nitriles is 1. The summed E-state index contributed by atoms with van der Waals surface area (Å²) in [6, 6.07) is 7.35. The highest BCUT2D eigenvalue weighted by atomic mass is 35.5. The van der Waals surface area contributed by atoms with Crippen molar-refractivity contribution < 1.29 is 0 Å². The van der Waals surface area contributed by atoms with Crippen molar-refractivity contribution in [3.05, 3.63) is 34.3 Å². The molecule has 0 amide bonds. The third-order valence-electron chi connectivity index (χ3n) is 1.39. The summed E-state index contributed by atoms with van der Waals surface area (Å²) in [5.41, 5.74) is 1.50. The number of nitrogens with zero attached hydrogens (tertiary/aromatic N) is 1. The van der Waals surface area contributed by atoms with E-state index in [9.17, 15) is 0 Å². The molecule has 2 heteroatoms. The van der Waals surface area contributed by atoms with E-state index in [-0.39, 0.29) is 0 Å². The molecule has 0 aliphatic rings. The average molecular weight is 182 g/mol. The zero-order valence-corrected chi connectivity index (χ0v) is 8.31. The summed E-state index contributed by atoms with van der Waals surface area (Å²) in [5.74, 6) is 0. The monoisotopic (exact) mass is 181 g/mol. The quantitative estimate of drug-likeness (QED) is 0.601. The van der Waals surface area contributed by atoms with Crippen LogP contribution < -0.4 is 0 Å². The van der Waals surface area contributed by atoms with Gasteiger partial charge in [-0.15, -0.1) is 0 Å². The van der Waals surface area contributed by atoms with Crippen molar-refractivity contribution in [3.8, 4) is 6.07 Å². The summed E-state index contributed by atoms with van der Waals surface area (Å²) in [4.78, 5) is 0. The van der Waals surface area contributed by atoms with Crippen molar-refractivity contribution in [1.82, 2.24) is 0 Å². The predicted octanol–water partition coefficient (Wildman–Crippen LogP) is 3.55. The molecule has 1 aromatic rings. The molecule has 1 rings (SSSR count). The molecule has 0 aromatic heterocycles. The Kier molecular flexibility index (Phi) is 5.16. The molecule has 0 saturated heterocycles. The summed E-state index contributed by atoms with van der Waals surface area (Å²) in [7, 11) is 0.